The standard InChI is InChI=1S/C9H11FN2O4S2/c1-17-6-5-11-18(15,16)8-4-2-3-7(10)9(8)12(13)14/h2-4,11H,5-6H2,1H3. The van der Waals surface area contributed by atoms with Gasteiger partial charge in [0.2, 0.25) is 15.8 Å². The molecule has 0 atom stereocenters. The fraction of sp³-hybridized carbons (Fsp3) is 0.333. The molecular formula is C9H11FN2O4S2. The highest BCUT2D eigenvalue weighted by Crippen LogP contribution is 2.26. The fourth-order valence-electron chi connectivity index (χ4n) is 1.25. The second-order valence-corrected chi connectivity index (χ2v) is 5.96. The quantitative estimate of drug-likeness (QED) is 0.486. The van der Waals surface area contributed by atoms with E-state index in [-0.39, 0.29) is 6.54 Å². The molecule has 0 radical (unpaired) electrons. The first-order chi connectivity index (χ1) is 8.40. The van der Waals surface area contributed by atoms with Gasteiger partial charge < -0.3 is 0 Å². The first kappa shape index (κ1) is 14.9. The van der Waals surface area contributed by atoms with E-state index in [1.54, 1.807) is 6.26 Å². The molecule has 100 valence electrons. The molecule has 0 fully saturated rings. The van der Waals surface area contributed by atoms with E-state index in [0.29, 0.717) is 5.75 Å². The van der Waals surface area contributed by atoms with Gasteiger partial charge in [-0.25, -0.2) is 13.1 Å². The van der Waals surface area contributed by atoms with Gasteiger partial charge in [0.05, 0.1) is 4.92 Å². The Labute approximate surface area is 108 Å². The Balaban J connectivity index is 3.16. The number of nitrogens with zero attached hydrogens (tertiary/aromatic N) is 1. The topological polar surface area (TPSA) is 89.3 Å². The number of nitrogens with one attached hydrogen (secondary N) is 1. The zero-order valence-corrected chi connectivity index (χ0v) is 11.1. The summed E-state index contributed by atoms with van der Waals surface area (Å²) < 4.78 is 39.0. The second kappa shape index (κ2) is 6.12. The summed E-state index contributed by atoms with van der Waals surface area (Å²) in [6.45, 7) is 0.122. The fourth-order valence-corrected chi connectivity index (χ4v) is 2.89. The molecule has 1 N–H and O–H groups in total. The van der Waals surface area contributed by atoms with Gasteiger partial charge in [0.1, 0.15) is 0 Å². The molecule has 1 aromatic rings. The normalized spacial score (nSPS) is 11.4. The molecule has 0 spiro atoms. The molecule has 0 saturated heterocycles. The average molecular weight is 294 g/mol. The molecule has 0 aromatic heterocycles. The van der Waals surface area contributed by atoms with Gasteiger partial charge >= 0.3 is 5.69 Å². The molecule has 0 aliphatic carbocycles. The van der Waals surface area contributed by atoms with Crippen molar-refractivity contribution in [2.75, 3.05) is 18.6 Å². The average Bonchev–Trinajstić information content (AvgIpc) is 2.28. The molecule has 0 bridgehead atoms. The van der Waals surface area contributed by atoms with Crippen LogP contribution in [-0.4, -0.2) is 31.9 Å². The Morgan fingerprint density at radius 2 is 2.17 bits per heavy atom. The van der Waals surface area contributed by atoms with Crippen LogP contribution < -0.4 is 4.72 Å². The van der Waals surface area contributed by atoms with Gasteiger partial charge in [0.15, 0.2) is 4.90 Å². The van der Waals surface area contributed by atoms with Crippen LogP contribution >= 0.6 is 11.8 Å². The number of nitro benzene ring substituents is 1. The highest BCUT2D eigenvalue weighted by Gasteiger charge is 2.28. The minimum absolute atomic E-state index is 0.122. The number of halogens is 1. The van der Waals surface area contributed by atoms with Crippen molar-refractivity contribution in [3.63, 3.8) is 0 Å². The van der Waals surface area contributed by atoms with E-state index < -0.39 is 31.3 Å². The maximum atomic E-state index is 13.3. The lowest BCUT2D eigenvalue weighted by molar-refractivity contribution is -0.390. The molecule has 9 heteroatoms. The summed E-state index contributed by atoms with van der Waals surface area (Å²) in [5.74, 6) is -0.657. The van der Waals surface area contributed by atoms with Crippen molar-refractivity contribution >= 4 is 27.5 Å². The number of hydrogen-bond donors (Lipinski definition) is 1. The van der Waals surface area contributed by atoms with Gasteiger partial charge in [-0.05, 0) is 18.4 Å². The Kier molecular flexibility index (Phi) is 5.05. The van der Waals surface area contributed by atoms with E-state index in [1.165, 1.54) is 11.8 Å². The van der Waals surface area contributed by atoms with Gasteiger partial charge in [-0.2, -0.15) is 16.2 Å². The Bertz CT molecular complexity index is 547. The summed E-state index contributed by atoms with van der Waals surface area (Å²) >= 11 is 1.42. The summed E-state index contributed by atoms with van der Waals surface area (Å²) in [7, 11) is -4.08. The van der Waals surface area contributed by atoms with Crippen LogP contribution in [0.25, 0.3) is 0 Å². The molecule has 18 heavy (non-hydrogen) atoms. The molecule has 0 unspecified atom stereocenters. The third kappa shape index (κ3) is 3.40. The van der Waals surface area contributed by atoms with Crippen molar-refractivity contribution < 1.29 is 17.7 Å². The highest BCUT2D eigenvalue weighted by molar-refractivity contribution is 7.98. The first-order valence-electron chi connectivity index (χ1n) is 4.81. The minimum atomic E-state index is -4.08. The molecule has 0 heterocycles. The largest absolute Gasteiger partial charge is 0.324 e. The number of nitro groups is 1. The molecule has 1 aromatic carbocycles. The van der Waals surface area contributed by atoms with E-state index in [1.807, 2.05) is 0 Å². The third-order valence-electron chi connectivity index (χ3n) is 2.02. The number of thioether (sulfide) groups is 1. The van der Waals surface area contributed by atoms with Gasteiger partial charge in [0, 0.05) is 12.3 Å². The van der Waals surface area contributed by atoms with Crippen molar-refractivity contribution in [2.45, 2.75) is 4.90 Å². The molecular weight excluding hydrogens is 283 g/mol. The lowest BCUT2D eigenvalue weighted by Gasteiger charge is -2.06. The lowest BCUT2D eigenvalue weighted by atomic mass is 10.3. The van der Waals surface area contributed by atoms with Gasteiger partial charge in [0.25, 0.3) is 0 Å². The zero-order chi connectivity index (χ0) is 13.8. The summed E-state index contributed by atoms with van der Waals surface area (Å²) in [6, 6.07) is 2.97. The monoisotopic (exact) mass is 294 g/mol. The van der Waals surface area contributed by atoms with Gasteiger partial charge in [-0.1, -0.05) is 6.07 Å². The van der Waals surface area contributed by atoms with Crippen LogP contribution in [0.2, 0.25) is 0 Å². The minimum Gasteiger partial charge on any atom is -0.258 e. The summed E-state index contributed by atoms with van der Waals surface area (Å²) in [6.07, 6.45) is 1.79. The van der Waals surface area contributed by atoms with Crippen LogP contribution in [-0.2, 0) is 10.0 Å². The van der Waals surface area contributed by atoms with Crippen molar-refractivity contribution in [3.05, 3.63) is 34.1 Å². The van der Waals surface area contributed by atoms with E-state index >= 15 is 0 Å². The first-order valence-corrected chi connectivity index (χ1v) is 7.69. The van der Waals surface area contributed by atoms with E-state index in [0.717, 1.165) is 18.2 Å². The molecule has 0 aliphatic rings. The maximum Gasteiger partial charge on any atom is 0.324 e. The summed E-state index contributed by atoms with van der Waals surface area (Å²) in [5, 5.41) is 10.7. The van der Waals surface area contributed by atoms with Crippen LogP contribution in [0.5, 0.6) is 0 Å². The van der Waals surface area contributed by atoms with Gasteiger partial charge in [-0.3, -0.25) is 10.1 Å². The number of para-hydroxylation sites is 1. The van der Waals surface area contributed by atoms with Crippen molar-refractivity contribution in [1.82, 2.24) is 4.72 Å². The van der Waals surface area contributed by atoms with Crippen LogP contribution in [0, 0.1) is 15.9 Å². The van der Waals surface area contributed by atoms with E-state index in [4.69, 9.17) is 0 Å². The third-order valence-corrected chi connectivity index (χ3v) is 4.13. The number of rotatable bonds is 6. The molecule has 0 amide bonds. The molecule has 6 nitrogen and oxygen atoms in total. The Hall–Kier alpha value is -1.19. The van der Waals surface area contributed by atoms with E-state index in [9.17, 15) is 22.9 Å². The highest BCUT2D eigenvalue weighted by atomic mass is 32.2. The van der Waals surface area contributed by atoms with Crippen molar-refractivity contribution in [3.8, 4) is 0 Å². The second-order valence-electron chi connectivity index (χ2n) is 3.23. The molecule has 0 saturated carbocycles. The van der Waals surface area contributed by atoms with Crippen LogP contribution in [0.3, 0.4) is 0 Å². The number of hydrogen-bond acceptors (Lipinski definition) is 5. The van der Waals surface area contributed by atoms with Gasteiger partial charge in [-0.15, -0.1) is 0 Å². The summed E-state index contributed by atoms with van der Waals surface area (Å²) in [4.78, 5) is 8.99. The molecule has 1 rings (SSSR count). The zero-order valence-electron chi connectivity index (χ0n) is 9.42. The lowest BCUT2D eigenvalue weighted by Crippen LogP contribution is -2.26. The maximum absolute atomic E-state index is 13.3. The SMILES string of the molecule is CSCCNS(=O)(=O)c1cccc(F)c1[N+](=O)[O-]. The molecule has 0 aliphatic heterocycles. The van der Waals surface area contributed by atoms with Crippen molar-refractivity contribution in [1.29, 1.82) is 0 Å². The Morgan fingerprint density at radius 1 is 1.50 bits per heavy atom. The summed E-state index contributed by atoms with van der Waals surface area (Å²) in [5.41, 5.74) is -1.03. The predicted octanol–water partition coefficient (Wildman–Crippen LogP) is 1.38. The van der Waals surface area contributed by atoms with Crippen LogP contribution in [0.1, 0.15) is 0 Å². The number of benzene rings is 1. The number of sulfonamides is 1. The smallest absolute Gasteiger partial charge is 0.258 e. The van der Waals surface area contributed by atoms with Crippen molar-refractivity contribution in [2.24, 2.45) is 0 Å². The van der Waals surface area contributed by atoms with E-state index in [2.05, 4.69) is 4.72 Å². The van der Waals surface area contributed by atoms with Crippen LogP contribution in [0.15, 0.2) is 23.1 Å². The Morgan fingerprint density at radius 3 is 2.72 bits per heavy atom. The predicted molar refractivity (Wildman–Crippen MR) is 66.6 cm³/mol. The van der Waals surface area contributed by atoms with Crippen LogP contribution in [0.4, 0.5) is 10.1 Å².